The minimum atomic E-state index is 0. The van der Waals surface area contributed by atoms with Crippen molar-refractivity contribution in [2.45, 2.75) is 44.9 Å². The molecule has 0 bridgehead atoms. The van der Waals surface area contributed by atoms with Gasteiger partial charge in [0.2, 0.25) is 0 Å². The van der Waals surface area contributed by atoms with Crippen LogP contribution in [0.25, 0.3) is 0 Å². The third-order valence-electron chi connectivity index (χ3n) is 3.08. The highest BCUT2D eigenvalue weighted by Crippen LogP contribution is 2.52. The lowest BCUT2D eigenvalue weighted by atomic mass is 9.68. The molecule has 54 valence electrons. The van der Waals surface area contributed by atoms with E-state index in [-0.39, 0.29) is 12.4 Å². The Balaban J connectivity index is 0.000000405. The Bertz CT molecular complexity index is 86.7. The molecular formula is C8H15Cl. The van der Waals surface area contributed by atoms with Crippen molar-refractivity contribution in [1.29, 1.82) is 0 Å². The monoisotopic (exact) mass is 146 g/mol. The van der Waals surface area contributed by atoms with Crippen molar-refractivity contribution in [2.75, 3.05) is 0 Å². The minimum absolute atomic E-state index is 0. The first-order valence-electron chi connectivity index (χ1n) is 3.91. The average molecular weight is 147 g/mol. The van der Waals surface area contributed by atoms with Crippen molar-refractivity contribution in [1.82, 2.24) is 0 Å². The fourth-order valence-corrected chi connectivity index (χ4v) is 2.30. The maximum atomic E-state index is 1.56. The largest absolute Gasteiger partial charge is 0.147 e. The Hall–Kier alpha value is 0.290. The quantitative estimate of drug-likeness (QED) is 0.493. The van der Waals surface area contributed by atoms with Gasteiger partial charge < -0.3 is 0 Å². The van der Waals surface area contributed by atoms with Crippen LogP contribution in [0.3, 0.4) is 0 Å². The number of hydrogen-bond donors (Lipinski definition) is 0. The van der Waals surface area contributed by atoms with Crippen LogP contribution >= 0.6 is 12.4 Å². The molecule has 2 aliphatic carbocycles. The van der Waals surface area contributed by atoms with Crippen molar-refractivity contribution in [3.63, 3.8) is 0 Å². The normalized spacial score (nSPS) is 29.3. The summed E-state index contributed by atoms with van der Waals surface area (Å²) in [4.78, 5) is 0. The lowest BCUT2D eigenvalue weighted by Crippen LogP contribution is -2.24. The van der Waals surface area contributed by atoms with Gasteiger partial charge in [0.05, 0.1) is 0 Å². The molecule has 0 aromatic carbocycles. The molecule has 2 rings (SSSR count). The van der Waals surface area contributed by atoms with E-state index in [0.29, 0.717) is 0 Å². The standard InChI is InChI=1S/C8H14.ClH/c1-2-5-8(4-1)6-3-7-8;/h1-7H2;1H. The third kappa shape index (κ3) is 1.10. The predicted octanol–water partition coefficient (Wildman–Crippen LogP) is 3.15. The highest BCUT2D eigenvalue weighted by molar-refractivity contribution is 5.85. The molecule has 0 amide bonds. The molecule has 2 fully saturated rings. The first-order valence-corrected chi connectivity index (χ1v) is 3.91. The highest BCUT2D eigenvalue weighted by atomic mass is 35.5. The summed E-state index contributed by atoms with van der Waals surface area (Å²) in [5, 5.41) is 0. The molecule has 0 aromatic heterocycles. The van der Waals surface area contributed by atoms with E-state index in [1.807, 2.05) is 0 Å². The average Bonchev–Trinajstić information content (AvgIpc) is 2.07. The van der Waals surface area contributed by atoms with Gasteiger partial charge in [-0.3, -0.25) is 0 Å². The smallest absolute Gasteiger partial charge is 0.0297 e. The van der Waals surface area contributed by atoms with Crippen LogP contribution < -0.4 is 0 Å². The number of hydrogen-bond acceptors (Lipinski definition) is 0. The van der Waals surface area contributed by atoms with Crippen LogP contribution in [0.1, 0.15) is 44.9 Å². The van der Waals surface area contributed by atoms with Gasteiger partial charge in [0.25, 0.3) is 0 Å². The molecule has 0 nitrogen and oxygen atoms in total. The van der Waals surface area contributed by atoms with E-state index < -0.39 is 0 Å². The molecule has 0 unspecified atom stereocenters. The second kappa shape index (κ2) is 2.49. The SMILES string of the molecule is C1CCC2(C1)CCC2.Cl. The molecular weight excluding hydrogens is 132 g/mol. The topological polar surface area (TPSA) is 0 Å². The van der Waals surface area contributed by atoms with E-state index in [2.05, 4.69) is 0 Å². The van der Waals surface area contributed by atoms with Crippen molar-refractivity contribution >= 4 is 12.4 Å². The van der Waals surface area contributed by atoms with Crippen molar-refractivity contribution < 1.29 is 0 Å². The lowest BCUT2D eigenvalue weighted by Gasteiger charge is -2.38. The van der Waals surface area contributed by atoms with Crippen LogP contribution in [-0.2, 0) is 0 Å². The summed E-state index contributed by atoms with van der Waals surface area (Å²) in [5.41, 5.74) is 0.917. The Morgan fingerprint density at radius 2 is 1.11 bits per heavy atom. The summed E-state index contributed by atoms with van der Waals surface area (Å²) < 4.78 is 0. The molecule has 0 heterocycles. The molecule has 0 atom stereocenters. The second-order valence-corrected chi connectivity index (χ2v) is 3.56. The van der Waals surface area contributed by atoms with E-state index in [4.69, 9.17) is 0 Å². The van der Waals surface area contributed by atoms with Crippen LogP contribution in [0.4, 0.5) is 0 Å². The van der Waals surface area contributed by atoms with Gasteiger partial charge >= 0.3 is 0 Å². The van der Waals surface area contributed by atoms with Gasteiger partial charge in [-0.1, -0.05) is 19.3 Å². The van der Waals surface area contributed by atoms with E-state index in [9.17, 15) is 0 Å². The highest BCUT2D eigenvalue weighted by Gasteiger charge is 2.38. The van der Waals surface area contributed by atoms with Crippen LogP contribution in [-0.4, -0.2) is 0 Å². The summed E-state index contributed by atoms with van der Waals surface area (Å²) in [6, 6.07) is 0. The summed E-state index contributed by atoms with van der Waals surface area (Å²) >= 11 is 0. The number of rotatable bonds is 0. The Morgan fingerprint density at radius 3 is 1.33 bits per heavy atom. The summed E-state index contributed by atoms with van der Waals surface area (Å²) in [6.07, 6.45) is 10.8. The van der Waals surface area contributed by atoms with Crippen molar-refractivity contribution in [2.24, 2.45) is 5.41 Å². The Kier molecular flexibility index (Phi) is 2.05. The first kappa shape index (κ1) is 7.40. The zero-order valence-electron chi connectivity index (χ0n) is 5.86. The minimum Gasteiger partial charge on any atom is -0.147 e. The molecule has 0 aliphatic heterocycles. The van der Waals surface area contributed by atoms with Gasteiger partial charge in [0.1, 0.15) is 0 Å². The molecule has 2 saturated carbocycles. The van der Waals surface area contributed by atoms with E-state index in [0.717, 1.165) is 5.41 Å². The Labute approximate surface area is 63.4 Å². The van der Waals surface area contributed by atoms with E-state index >= 15 is 0 Å². The van der Waals surface area contributed by atoms with Crippen molar-refractivity contribution in [3.05, 3.63) is 0 Å². The molecule has 0 radical (unpaired) electrons. The van der Waals surface area contributed by atoms with Gasteiger partial charge in [-0.05, 0) is 31.1 Å². The maximum Gasteiger partial charge on any atom is -0.0297 e. The zero-order valence-corrected chi connectivity index (χ0v) is 6.67. The maximum absolute atomic E-state index is 1.56. The molecule has 0 aromatic rings. The number of halogens is 1. The van der Waals surface area contributed by atoms with Gasteiger partial charge in [-0.15, -0.1) is 12.4 Å². The summed E-state index contributed by atoms with van der Waals surface area (Å²) in [6.45, 7) is 0. The van der Waals surface area contributed by atoms with Crippen LogP contribution in [0.5, 0.6) is 0 Å². The van der Waals surface area contributed by atoms with Gasteiger partial charge in [0, 0.05) is 0 Å². The fourth-order valence-electron chi connectivity index (χ4n) is 2.30. The predicted molar refractivity (Wildman–Crippen MR) is 42.0 cm³/mol. The molecule has 9 heavy (non-hydrogen) atoms. The van der Waals surface area contributed by atoms with Gasteiger partial charge in [0.15, 0.2) is 0 Å². The van der Waals surface area contributed by atoms with Gasteiger partial charge in [-0.2, -0.15) is 0 Å². The summed E-state index contributed by atoms with van der Waals surface area (Å²) in [7, 11) is 0. The lowest BCUT2D eigenvalue weighted by molar-refractivity contribution is 0.144. The van der Waals surface area contributed by atoms with Crippen molar-refractivity contribution in [3.8, 4) is 0 Å². The zero-order chi connectivity index (χ0) is 5.45. The van der Waals surface area contributed by atoms with E-state index in [1.54, 1.807) is 25.7 Å². The van der Waals surface area contributed by atoms with Crippen LogP contribution in [0.15, 0.2) is 0 Å². The van der Waals surface area contributed by atoms with Gasteiger partial charge in [-0.25, -0.2) is 0 Å². The molecule has 1 spiro atoms. The van der Waals surface area contributed by atoms with Crippen LogP contribution in [0.2, 0.25) is 0 Å². The molecule has 0 N–H and O–H groups in total. The first-order chi connectivity index (χ1) is 3.91. The molecule has 1 heteroatoms. The summed E-state index contributed by atoms with van der Waals surface area (Å²) in [5.74, 6) is 0. The molecule has 0 saturated heterocycles. The second-order valence-electron chi connectivity index (χ2n) is 3.56. The molecule has 2 aliphatic rings. The van der Waals surface area contributed by atoms with Crippen LogP contribution in [0, 0.1) is 5.41 Å². The Morgan fingerprint density at radius 1 is 0.667 bits per heavy atom. The third-order valence-corrected chi connectivity index (χ3v) is 3.08. The van der Waals surface area contributed by atoms with E-state index in [1.165, 1.54) is 19.3 Å². The fraction of sp³-hybridized carbons (Fsp3) is 1.00.